The number of hydrogen-bond donors (Lipinski definition) is 1. The topological polar surface area (TPSA) is 68.0 Å². The molecule has 0 bridgehead atoms. The lowest BCUT2D eigenvalue weighted by Crippen LogP contribution is -2.18. The van der Waals surface area contributed by atoms with Crippen LogP contribution in [0.2, 0.25) is 0 Å². The Hall–Kier alpha value is -1.53. The number of halogens is 2. The fourth-order valence-electron chi connectivity index (χ4n) is 2.25. The summed E-state index contributed by atoms with van der Waals surface area (Å²) < 4.78 is 26.8. The predicted octanol–water partition coefficient (Wildman–Crippen LogP) is 2.42. The fraction of sp³-hybridized carbons (Fsp3) is 0.700. The number of rotatable bonds is 3. The number of carboxylic acids is 1. The molecular weight excluding hydrogens is 232 g/mol. The Morgan fingerprint density at radius 1 is 1.35 bits per heavy atom. The van der Waals surface area contributed by atoms with Gasteiger partial charge in [0.05, 0.1) is 6.04 Å². The van der Waals surface area contributed by atoms with Crippen molar-refractivity contribution >= 4 is 5.97 Å². The van der Waals surface area contributed by atoms with Crippen molar-refractivity contribution in [1.29, 1.82) is 0 Å². The van der Waals surface area contributed by atoms with E-state index in [0.717, 1.165) is 36.8 Å². The van der Waals surface area contributed by atoms with E-state index in [1.807, 2.05) is 0 Å². The average Bonchev–Trinajstić information content (AvgIpc) is 2.74. The second-order valence-corrected chi connectivity index (χ2v) is 4.17. The van der Waals surface area contributed by atoms with Gasteiger partial charge in [-0.05, 0) is 12.8 Å². The van der Waals surface area contributed by atoms with Crippen LogP contribution in [0.4, 0.5) is 8.78 Å². The third-order valence-electron chi connectivity index (χ3n) is 3.06. The van der Waals surface area contributed by atoms with Crippen LogP contribution in [0.3, 0.4) is 0 Å². The zero-order valence-corrected chi connectivity index (χ0v) is 9.14. The van der Waals surface area contributed by atoms with Gasteiger partial charge in [-0.2, -0.15) is 0 Å². The van der Waals surface area contributed by atoms with Gasteiger partial charge in [-0.1, -0.05) is 24.5 Å². The molecule has 1 saturated carbocycles. The molecule has 0 unspecified atom stereocenters. The summed E-state index contributed by atoms with van der Waals surface area (Å²) in [5.74, 6) is -1.46. The number of alkyl halides is 2. The van der Waals surface area contributed by atoms with Gasteiger partial charge in [-0.25, -0.2) is 18.3 Å². The lowest BCUT2D eigenvalue weighted by molar-refractivity contribution is 0.0674. The van der Waals surface area contributed by atoms with Crippen LogP contribution in [0.15, 0.2) is 0 Å². The van der Waals surface area contributed by atoms with Crippen LogP contribution >= 0.6 is 0 Å². The van der Waals surface area contributed by atoms with Crippen molar-refractivity contribution in [3.8, 4) is 0 Å². The van der Waals surface area contributed by atoms with Gasteiger partial charge in [0.1, 0.15) is 5.69 Å². The van der Waals surface area contributed by atoms with Gasteiger partial charge in [0, 0.05) is 0 Å². The summed E-state index contributed by atoms with van der Waals surface area (Å²) in [5, 5.41) is 15.7. The van der Waals surface area contributed by atoms with Gasteiger partial charge < -0.3 is 5.11 Å². The SMILES string of the molecule is O=C(O)c1nnn(C2CCCCC2)c1C(F)F. The van der Waals surface area contributed by atoms with E-state index >= 15 is 0 Å². The van der Waals surface area contributed by atoms with Crippen molar-refractivity contribution in [3.05, 3.63) is 11.4 Å². The second kappa shape index (κ2) is 4.77. The zero-order chi connectivity index (χ0) is 12.4. The molecule has 1 aromatic rings. The first-order chi connectivity index (χ1) is 8.11. The van der Waals surface area contributed by atoms with Crippen LogP contribution < -0.4 is 0 Å². The minimum Gasteiger partial charge on any atom is -0.476 e. The molecule has 0 spiro atoms. The molecule has 2 rings (SSSR count). The van der Waals surface area contributed by atoms with Crippen LogP contribution in [0, 0.1) is 0 Å². The van der Waals surface area contributed by atoms with Gasteiger partial charge in [0.15, 0.2) is 5.69 Å². The number of carbonyl (C=O) groups is 1. The Kier molecular flexibility index (Phi) is 3.35. The van der Waals surface area contributed by atoms with E-state index in [-0.39, 0.29) is 6.04 Å². The molecule has 0 aromatic carbocycles. The van der Waals surface area contributed by atoms with Gasteiger partial charge >= 0.3 is 5.97 Å². The van der Waals surface area contributed by atoms with Crippen LogP contribution in [0.1, 0.15) is 60.8 Å². The van der Waals surface area contributed by atoms with Crippen molar-refractivity contribution < 1.29 is 18.7 Å². The number of nitrogens with zero attached hydrogens (tertiary/aromatic N) is 3. The van der Waals surface area contributed by atoms with Crippen molar-refractivity contribution in [2.75, 3.05) is 0 Å². The lowest BCUT2D eigenvalue weighted by Gasteiger charge is -2.22. The Balaban J connectivity index is 2.35. The maximum atomic E-state index is 12.9. The minimum absolute atomic E-state index is 0.145. The fourth-order valence-corrected chi connectivity index (χ4v) is 2.25. The Morgan fingerprint density at radius 3 is 2.53 bits per heavy atom. The highest BCUT2D eigenvalue weighted by Crippen LogP contribution is 2.32. The second-order valence-electron chi connectivity index (χ2n) is 4.17. The van der Waals surface area contributed by atoms with Crippen LogP contribution in [0.25, 0.3) is 0 Å². The molecule has 1 fully saturated rings. The summed E-state index contributed by atoms with van der Waals surface area (Å²) in [4.78, 5) is 10.8. The maximum absolute atomic E-state index is 12.9. The van der Waals surface area contributed by atoms with Crippen molar-refractivity contribution in [3.63, 3.8) is 0 Å². The molecule has 5 nitrogen and oxygen atoms in total. The van der Waals surface area contributed by atoms with Crippen molar-refractivity contribution in [2.45, 2.75) is 44.6 Å². The highest BCUT2D eigenvalue weighted by Gasteiger charge is 2.30. The number of aromatic nitrogens is 3. The third kappa shape index (κ3) is 2.27. The normalized spacial score (nSPS) is 17.6. The van der Waals surface area contributed by atoms with E-state index in [4.69, 9.17) is 5.11 Å². The first kappa shape index (κ1) is 11.9. The first-order valence-corrected chi connectivity index (χ1v) is 5.57. The zero-order valence-electron chi connectivity index (χ0n) is 9.14. The molecule has 0 radical (unpaired) electrons. The molecule has 94 valence electrons. The van der Waals surface area contributed by atoms with E-state index in [0.29, 0.717) is 0 Å². The smallest absolute Gasteiger partial charge is 0.358 e. The summed E-state index contributed by atoms with van der Waals surface area (Å²) in [5.41, 5.74) is -1.20. The highest BCUT2D eigenvalue weighted by atomic mass is 19.3. The molecule has 1 aliphatic rings. The minimum atomic E-state index is -2.86. The standard InChI is InChI=1S/C10H13F2N3O2/c11-9(12)8-7(10(16)17)13-14-15(8)6-4-2-1-3-5-6/h6,9H,1-5H2,(H,16,17). The maximum Gasteiger partial charge on any atom is 0.358 e. The molecule has 0 aliphatic heterocycles. The summed E-state index contributed by atoms with van der Waals surface area (Å²) in [6.45, 7) is 0. The molecule has 0 amide bonds. The van der Waals surface area contributed by atoms with Gasteiger partial charge in [-0.3, -0.25) is 0 Å². The van der Waals surface area contributed by atoms with Gasteiger partial charge in [0.25, 0.3) is 6.43 Å². The molecule has 0 saturated heterocycles. The highest BCUT2D eigenvalue weighted by molar-refractivity contribution is 5.86. The summed E-state index contributed by atoms with van der Waals surface area (Å²) in [6, 6.07) is -0.145. The first-order valence-electron chi connectivity index (χ1n) is 5.57. The van der Waals surface area contributed by atoms with E-state index < -0.39 is 23.8 Å². The van der Waals surface area contributed by atoms with E-state index in [2.05, 4.69) is 10.3 Å². The molecule has 0 atom stereocenters. The van der Waals surface area contributed by atoms with Crippen LogP contribution in [0.5, 0.6) is 0 Å². The molecule has 1 N–H and O–H groups in total. The molecule has 1 aliphatic carbocycles. The molecule has 17 heavy (non-hydrogen) atoms. The van der Waals surface area contributed by atoms with Crippen molar-refractivity contribution in [2.24, 2.45) is 0 Å². The average molecular weight is 245 g/mol. The molecule has 7 heteroatoms. The Labute approximate surface area is 96.4 Å². The van der Waals surface area contributed by atoms with E-state index in [1.165, 1.54) is 0 Å². The summed E-state index contributed by atoms with van der Waals surface area (Å²) in [7, 11) is 0. The molecular formula is C10H13F2N3O2. The lowest BCUT2D eigenvalue weighted by atomic mass is 9.95. The van der Waals surface area contributed by atoms with Crippen LogP contribution in [-0.2, 0) is 0 Å². The van der Waals surface area contributed by atoms with Gasteiger partial charge in [-0.15, -0.1) is 5.10 Å². The van der Waals surface area contributed by atoms with Gasteiger partial charge in [0.2, 0.25) is 0 Å². The quantitative estimate of drug-likeness (QED) is 0.887. The van der Waals surface area contributed by atoms with Crippen LogP contribution in [-0.4, -0.2) is 26.1 Å². The summed E-state index contributed by atoms with van der Waals surface area (Å²) >= 11 is 0. The predicted molar refractivity (Wildman–Crippen MR) is 54.1 cm³/mol. The third-order valence-corrected chi connectivity index (χ3v) is 3.06. The summed E-state index contributed by atoms with van der Waals surface area (Å²) in [6.07, 6.45) is 1.63. The number of aromatic carboxylic acids is 1. The molecule has 1 heterocycles. The molecule has 1 aromatic heterocycles. The largest absolute Gasteiger partial charge is 0.476 e. The number of hydrogen-bond acceptors (Lipinski definition) is 3. The van der Waals surface area contributed by atoms with E-state index in [1.54, 1.807) is 0 Å². The monoisotopic (exact) mass is 245 g/mol. The Morgan fingerprint density at radius 2 is 2.00 bits per heavy atom. The Bertz CT molecular complexity index is 414. The number of carboxylic acid groups (broad SMARTS) is 1. The van der Waals surface area contributed by atoms with Crippen molar-refractivity contribution in [1.82, 2.24) is 15.0 Å². The van der Waals surface area contributed by atoms with E-state index in [9.17, 15) is 13.6 Å².